The van der Waals surface area contributed by atoms with Crippen molar-refractivity contribution in [2.75, 3.05) is 12.8 Å². The highest BCUT2D eigenvalue weighted by atomic mass is 16.5. The molecular weight excluding hydrogens is 434 g/mol. The van der Waals surface area contributed by atoms with Crippen LogP contribution in [0.4, 0.5) is 5.69 Å². The Balaban J connectivity index is 2.01. The highest BCUT2D eigenvalue weighted by Crippen LogP contribution is 2.50. The number of nitrogens with two attached hydrogens (primary N) is 1. The molecule has 0 aromatic heterocycles. The van der Waals surface area contributed by atoms with Gasteiger partial charge in [0.15, 0.2) is 11.5 Å². The van der Waals surface area contributed by atoms with Gasteiger partial charge in [0.05, 0.1) is 7.11 Å². The second-order valence-corrected chi connectivity index (χ2v) is 8.85. The third-order valence-electron chi connectivity index (χ3n) is 6.41. The molecule has 0 unspecified atom stereocenters. The molecule has 0 radical (unpaired) electrons. The Morgan fingerprint density at radius 1 is 0.714 bits per heavy atom. The molecule has 0 saturated heterocycles. The van der Waals surface area contributed by atoms with Gasteiger partial charge in [-0.15, -0.1) is 0 Å². The summed E-state index contributed by atoms with van der Waals surface area (Å²) in [5, 5.41) is 22.3. The molecule has 4 aromatic rings. The van der Waals surface area contributed by atoms with Crippen molar-refractivity contribution in [1.82, 2.24) is 0 Å². The van der Waals surface area contributed by atoms with Gasteiger partial charge in [-0.05, 0) is 64.4 Å². The van der Waals surface area contributed by atoms with Crippen molar-refractivity contribution in [3.05, 3.63) is 83.9 Å². The minimum Gasteiger partial charge on any atom is -0.508 e. The largest absolute Gasteiger partial charge is 0.508 e. The fourth-order valence-corrected chi connectivity index (χ4v) is 4.67. The lowest BCUT2D eigenvalue weighted by atomic mass is 9.88. The van der Waals surface area contributed by atoms with Crippen LogP contribution in [-0.2, 0) is 12.8 Å². The summed E-state index contributed by atoms with van der Waals surface area (Å²) in [7, 11) is 1.56. The summed E-state index contributed by atoms with van der Waals surface area (Å²) in [4.78, 5) is 0. The molecule has 35 heavy (non-hydrogen) atoms. The van der Waals surface area contributed by atoms with E-state index in [1.807, 2.05) is 60.7 Å². The minimum absolute atomic E-state index is 0.0303. The van der Waals surface area contributed by atoms with Gasteiger partial charge in [-0.25, -0.2) is 0 Å². The van der Waals surface area contributed by atoms with E-state index >= 15 is 0 Å². The number of nitrogen functional groups attached to an aromatic ring is 1. The Kier molecular flexibility index (Phi) is 7.31. The van der Waals surface area contributed by atoms with Gasteiger partial charge in [0.2, 0.25) is 0 Å². The standard InChI is InChI=1S/C31H33NO3/c1-4-9-21-13-15-23(17-27(21)32)25-19-26(20-11-7-6-8-12-20)31(35-3)30(34)29(25)24-16-14-22(10-5-2)28(33)18-24/h6-8,11-19,33-34H,4-5,9-10,32H2,1-3H3. The summed E-state index contributed by atoms with van der Waals surface area (Å²) >= 11 is 0. The molecule has 0 fully saturated rings. The van der Waals surface area contributed by atoms with Gasteiger partial charge < -0.3 is 20.7 Å². The lowest BCUT2D eigenvalue weighted by Gasteiger charge is -2.20. The maximum absolute atomic E-state index is 11.6. The van der Waals surface area contributed by atoms with Crippen LogP contribution in [-0.4, -0.2) is 17.3 Å². The van der Waals surface area contributed by atoms with Crippen LogP contribution in [0.25, 0.3) is 33.4 Å². The van der Waals surface area contributed by atoms with Gasteiger partial charge in [0.25, 0.3) is 0 Å². The van der Waals surface area contributed by atoms with E-state index in [2.05, 4.69) is 19.9 Å². The van der Waals surface area contributed by atoms with Crippen molar-refractivity contribution in [2.24, 2.45) is 0 Å². The highest BCUT2D eigenvalue weighted by molar-refractivity contribution is 5.95. The molecule has 0 heterocycles. The second kappa shape index (κ2) is 10.6. The van der Waals surface area contributed by atoms with Crippen LogP contribution in [0.1, 0.15) is 37.8 Å². The number of benzene rings is 4. The first kappa shape index (κ1) is 24.2. The first-order chi connectivity index (χ1) is 17.0. The van der Waals surface area contributed by atoms with E-state index in [0.29, 0.717) is 16.9 Å². The van der Waals surface area contributed by atoms with Crippen molar-refractivity contribution in [3.63, 3.8) is 0 Å². The lowest BCUT2D eigenvalue weighted by molar-refractivity contribution is 0.376. The van der Waals surface area contributed by atoms with E-state index in [-0.39, 0.29) is 11.5 Å². The summed E-state index contributed by atoms with van der Waals surface area (Å²) in [6, 6.07) is 23.6. The van der Waals surface area contributed by atoms with E-state index in [0.717, 1.165) is 64.8 Å². The molecule has 0 saturated carbocycles. The van der Waals surface area contributed by atoms with Gasteiger partial charge in [0, 0.05) is 16.8 Å². The first-order valence-electron chi connectivity index (χ1n) is 12.2. The summed E-state index contributed by atoms with van der Waals surface area (Å²) in [6.45, 7) is 4.21. The SMILES string of the molecule is CCCc1ccc(-c2cc(-c3ccccc3)c(OC)c(O)c2-c2ccc(CCC)c(O)c2)cc1N. The summed E-state index contributed by atoms with van der Waals surface area (Å²) in [6.07, 6.45) is 3.65. The van der Waals surface area contributed by atoms with Crippen LogP contribution in [0.3, 0.4) is 0 Å². The number of phenols is 2. The summed E-state index contributed by atoms with van der Waals surface area (Å²) < 4.78 is 5.71. The minimum atomic E-state index is 0.0303. The van der Waals surface area contributed by atoms with Crippen molar-refractivity contribution in [1.29, 1.82) is 0 Å². The van der Waals surface area contributed by atoms with Crippen LogP contribution in [0.5, 0.6) is 17.2 Å². The van der Waals surface area contributed by atoms with Crippen molar-refractivity contribution in [3.8, 4) is 50.6 Å². The molecular formula is C31H33NO3. The quantitative estimate of drug-likeness (QED) is 0.233. The van der Waals surface area contributed by atoms with Crippen LogP contribution >= 0.6 is 0 Å². The van der Waals surface area contributed by atoms with E-state index in [9.17, 15) is 10.2 Å². The van der Waals surface area contributed by atoms with E-state index in [1.54, 1.807) is 13.2 Å². The van der Waals surface area contributed by atoms with E-state index in [4.69, 9.17) is 10.5 Å². The smallest absolute Gasteiger partial charge is 0.168 e. The van der Waals surface area contributed by atoms with E-state index in [1.165, 1.54) is 0 Å². The molecule has 4 heteroatoms. The molecule has 0 aliphatic rings. The Morgan fingerprint density at radius 2 is 1.37 bits per heavy atom. The average molecular weight is 468 g/mol. The van der Waals surface area contributed by atoms with Crippen LogP contribution in [0.15, 0.2) is 72.8 Å². The van der Waals surface area contributed by atoms with Gasteiger partial charge in [-0.2, -0.15) is 0 Å². The Labute approximate surface area is 207 Å². The van der Waals surface area contributed by atoms with Crippen molar-refractivity contribution in [2.45, 2.75) is 39.5 Å². The van der Waals surface area contributed by atoms with Crippen LogP contribution in [0.2, 0.25) is 0 Å². The average Bonchev–Trinajstić information content (AvgIpc) is 2.86. The lowest BCUT2D eigenvalue weighted by Crippen LogP contribution is -1.98. The predicted octanol–water partition coefficient (Wildman–Crippen LogP) is 7.59. The normalized spacial score (nSPS) is 10.9. The third-order valence-corrected chi connectivity index (χ3v) is 6.41. The molecule has 180 valence electrons. The molecule has 0 atom stereocenters. The number of aromatic hydroxyl groups is 2. The number of phenolic OH excluding ortho intramolecular Hbond substituents is 2. The Hall–Kier alpha value is -3.92. The molecule has 4 aromatic carbocycles. The highest BCUT2D eigenvalue weighted by Gasteiger charge is 2.23. The predicted molar refractivity (Wildman–Crippen MR) is 145 cm³/mol. The zero-order valence-corrected chi connectivity index (χ0v) is 20.6. The number of rotatable bonds is 8. The molecule has 0 aliphatic carbocycles. The first-order valence-corrected chi connectivity index (χ1v) is 12.2. The Morgan fingerprint density at radius 3 is 2.00 bits per heavy atom. The monoisotopic (exact) mass is 467 g/mol. The molecule has 0 spiro atoms. The summed E-state index contributed by atoms with van der Waals surface area (Å²) in [5.41, 5.74) is 13.9. The number of anilines is 1. The van der Waals surface area contributed by atoms with Gasteiger partial charge >= 0.3 is 0 Å². The number of methoxy groups -OCH3 is 1. The molecule has 0 bridgehead atoms. The molecule has 4 nitrogen and oxygen atoms in total. The number of hydrogen-bond donors (Lipinski definition) is 3. The third kappa shape index (κ3) is 4.83. The molecule has 0 aliphatic heterocycles. The van der Waals surface area contributed by atoms with E-state index < -0.39 is 0 Å². The van der Waals surface area contributed by atoms with Crippen molar-refractivity contribution < 1.29 is 14.9 Å². The maximum Gasteiger partial charge on any atom is 0.168 e. The molecule has 4 rings (SSSR count). The topological polar surface area (TPSA) is 75.7 Å². The maximum atomic E-state index is 11.6. The van der Waals surface area contributed by atoms with Crippen LogP contribution in [0, 0.1) is 0 Å². The second-order valence-electron chi connectivity index (χ2n) is 8.85. The number of ether oxygens (including phenoxy) is 1. The zero-order valence-electron chi connectivity index (χ0n) is 20.6. The van der Waals surface area contributed by atoms with Gasteiger partial charge in [0.1, 0.15) is 5.75 Å². The van der Waals surface area contributed by atoms with Gasteiger partial charge in [-0.1, -0.05) is 81.3 Å². The molecule has 4 N–H and O–H groups in total. The fraction of sp³-hybridized carbons (Fsp3) is 0.226. The van der Waals surface area contributed by atoms with Gasteiger partial charge in [-0.3, -0.25) is 0 Å². The fourth-order valence-electron chi connectivity index (χ4n) is 4.67. The Bertz CT molecular complexity index is 1330. The number of hydrogen-bond acceptors (Lipinski definition) is 4. The van der Waals surface area contributed by atoms with Crippen LogP contribution < -0.4 is 10.5 Å². The molecule has 0 amide bonds. The van der Waals surface area contributed by atoms with Crippen molar-refractivity contribution >= 4 is 5.69 Å². The zero-order chi connectivity index (χ0) is 24.9. The summed E-state index contributed by atoms with van der Waals surface area (Å²) in [5.74, 6) is 0.643. The number of aryl methyl sites for hydroxylation is 2.